The summed E-state index contributed by atoms with van der Waals surface area (Å²) in [6.45, 7) is 3.31. The Morgan fingerprint density at radius 3 is 3.24 bits per heavy atom. The second kappa shape index (κ2) is 4.44. The van der Waals surface area contributed by atoms with Gasteiger partial charge in [-0.25, -0.2) is 4.98 Å². The minimum atomic E-state index is -0.0248. The monoisotopic (exact) mass is 281 g/mol. The van der Waals surface area contributed by atoms with Crippen molar-refractivity contribution >= 4 is 11.6 Å². The fraction of sp³-hybridized carbons (Fsp3) is 0.267. The molecule has 21 heavy (non-hydrogen) atoms. The molecular weight excluding hydrogens is 266 g/mol. The van der Waals surface area contributed by atoms with Crippen LogP contribution in [0.5, 0.6) is 0 Å². The molecule has 0 saturated heterocycles. The summed E-state index contributed by atoms with van der Waals surface area (Å²) in [6.07, 6.45) is 6.33. The first-order valence-electron chi connectivity index (χ1n) is 6.96. The maximum Gasteiger partial charge on any atom is 0.274 e. The maximum atomic E-state index is 12.6. The van der Waals surface area contributed by atoms with Gasteiger partial charge in [-0.15, -0.1) is 0 Å². The number of carbonyl (C=O) groups is 1. The van der Waals surface area contributed by atoms with Crippen molar-refractivity contribution in [3.63, 3.8) is 0 Å². The molecule has 0 fully saturated rings. The van der Waals surface area contributed by atoms with E-state index in [2.05, 4.69) is 15.2 Å². The second-order valence-electron chi connectivity index (χ2n) is 5.45. The van der Waals surface area contributed by atoms with Crippen LogP contribution in [0, 0.1) is 6.92 Å². The number of nitrogens with zero attached hydrogens (tertiary/aromatic N) is 4. The molecule has 0 unspecified atom stereocenters. The second-order valence-corrected chi connectivity index (χ2v) is 5.45. The van der Waals surface area contributed by atoms with Crippen LogP contribution in [0.25, 0.3) is 5.65 Å². The molecule has 1 amide bonds. The molecular formula is C15H15N5O. The first kappa shape index (κ1) is 12.1. The molecule has 0 saturated carbocycles. The highest BCUT2D eigenvalue weighted by molar-refractivity contribution is 5.93. The molecule has 106 valence electrons. The number of aromatic nitrogens is 4. The highest BCUT2D eigenvalue weighted by Gasteiger charge is 2.24. The Kier molecular flexibility index (Phi) is 2.57. The van der Waals surface area contributed by atoms with E-state index < -0.39 is 0 Å². The van der Waals surface area contributed by atoms with Crippen molar-refractivity contribution < 1.29 is 4.79 Å². The molecule has 0 radical (unpaired) electrons. The van der Waals surface area contributed by atoms with Gasteiger partial charge in [-0.05, 0) is 24.6 Å². The summed E-state index contributed by atoms with van der Waals surface area (Å²) in [5.74, 6) is -0.0248. The third kappa shape index (κ3) is 1.99. The number of aromatic amines is 1. The zero-order valence-electron chi connectivity index (χ0n) is 11.7. The van der Waals surface area contributed by atoms with E-state index in [0.29, 0.717) is 18.8 Å². The Labute approximate surface area is 121 Å². The average Bonchev–Trinajstić information content (AvgIpc) is 3.11. The van der Waals surface area contributed by atoms with E-state index in [1.165, 1.54) is 0 Å². The highest BCUT2D eigenvalue weighted by Crippen LogP contribution is 2.18. The SMILES string of the molecule is Cc1ccn2cc(C(=O)N3CCc4[nH]ncc4C3)nc2c1. The van der Waals surface area contributed by atoms with E-state index in [1.807, 2.05) is 34.6 Å². The molecule has 4 rings (SSSR count). The van der Waals surface area contributed by atoms with E-state index in [4.69, 9.17) is 0 Å². The van der Waals surface area contributed by atoms with Crippen molar-refractivity contribution in [2.75, 3.05) is 6.54 Å². The number of rotatable bonds is 1. The predicted octanol–water partition coefficient (Wildman–Crippen LogP) is 1.56. The predicted molar refractivity (Wildman–Crippen MR) is 77.0 cm³/mol. The van der Waals surface area contributed by atoms with Crippen LogP contribution in [0.1, 0.15) is 27.3 Å². The maximum absolute atomic E-state index is 12.6. The minimum absolute atomic E-state index is 0.0248. The van der Waals surface area contributed by atoms with E-state index >= 15 is 0 Å². The van der Waals surface area contributed by atoms with Crippen LogP contribution in [0.2, 0.25) is 0 Å². The number of fused-ring (bicyclic) bond motifs is 2. The first-order chi connectivity index (χ1) is 10.2. The van der Waals surface area contributed by atoms with Crippen molar-refractivity contribution in [2.24, 2.45) is 0 Å². The number of carbonyl (C=O) groups excluding carboxylic acids is 1. The summed E-state index contributed by atoms with van der Waals surface area (Å²) in [4.78, 5) is 18.9. The molecule has 0 atom stereocenters. The van der Waals surface area contributed by atoms with Crippen LogP contribution in [0.4, 0.5) is 0 Å². The van der Waals surface area contributed by atoms with Crippen LogP contribution in [-0.4, -0.2) is 36.9 Å². The first-order valence-corrected chi connectivity index (χ1v) is 6.96. The van der Waals surface area contributed by atoms with Crippen molar-refractivity contribution in [1.29, 1.82) is 0 Å². The number of nitrogens with one attached hydrogen (secondary N) is 1. The van der Waals surface area contributed by atoms with E-state index in [1.54, 1.807) is 12.4 Å². The molecule has 1 aliphatic rings. The van der Waals surface area contributed by atoms with E-state index in [-0.39, 0.29) is 5.91 Å². The Morgan fingerprint density at radius 2 is 2.33 bits per heavy atom. The summed E-state index contributed by atoms with van der Waals surface area (Å²) in [5, 5.41) is 7.01. The quantitative estimate of drug-likeness (QED) is 0.736. The molecule has 4 heterocycles. The number of hydrogen-bond donors (Lipinski definition) is 1. The van der Waals surface area contributed by atoms with Gasteiger partial charge in [-0.3, -0.25) is 9.89 Å². The standard InChI is InChI=1S/C15H15N5O/c1-10-2-4-19-9-13(17-14(19)6-10)15(21)20-5-3-12-11(8-20)7-16-18-12/h2,4,6-7,9H,3,5,8H2,1H3,(H,16,18). The molecule has 3 aromatic heterocycles. The van der Waals surface area contributed by atoms with Gasteiger partial charge in [0.2, 0.25) is 0 Å². The highest BCUT2D eigenvalue weighted by atomic mass is 16.2. The molecule has 6 heteroatoms. The van der Waals surface area contributed by atoms with Gasteiger partial charge in [0.1, 0.15) is 11.3 Å². The zero-order valence-corrected chi connectivity index (χ0v) is 11.7. The average molecular weight is 281 g/mol. The van der Waals surface area contributed by atoms with Gasteiger partial charge >= 0.3 is 0 Å². The number of amides is 1. The summed E-state index contributed by atoms with van der Waals surface area (Å²) in [6, 6.07) is 3.97. The van der Waals surface area contributed by atoms with Gasteiger partial charge in [0.15, 0.2) is 0 Å². The molecule has 0 aliphatic carbocycles. The number of pyridine rings is 1. The van der Waals surface area contributed by atoms with Crippen LogP contribution in [0.3, 0.4) is 0 Å². The molecule has 3 aromatic rings. The lowest BCUT2D eigenvalue weighted by Gasteiger charge is -2.25. The Morgan fingerprint density at radius 1 is 1.43 bits per heavy atom. The van der Waals surface area contributed by atoms with Gasteiger partial charge in [-0.1, -0.05) is 0 Å². The summed E-state index contributed by atoms with van der Waals surface area (Å²) in [5.41, 5.74) is 4.65. The number of hydrogen-bond acceptors (Lipinski definition) is 3. The van der Waals surface area contributed by atoms with Crippen LogP contribution in [-0.2, 0) is 13.0 Å². The molecule has 1 N–H and O–H groups in total. The Bertz CT molecular complexity index is 832. The van der Waals surface area contributed by atoms with E-state index in [0.717, 1.165) is 28.9 Å². The normalized spacial score (nSPS) is 14.4. The van der Waals surface area contributed by atoms with Gasteiger partial charge in [0, 0.05) is 43.2 Å². The Balaban J connectivity index is 1.64. The Hall–Kier alpha value is -2.63. The molecule has 1 aliphatic heterocycles. The lowest BCUT2D eigenvalue weighted by Crippen LogP contribution is -2.35. The van der Waals surface area contributed by atoms with Gasteiger partial charge in [0.05, 0.1) is 6.20 Å². The van der Waals surface area contributed by atoms with Crippen molar-refractivity contribution in [2.45, 2.75) is 19.9 Å². The van der Waals surface area contributed by atoms with Crippen molar-refractivity contribution in [3.8, 4) is 0 Å². The summed E-state index contributed by atoms with van der Waals surface area (Å²) in [7, 11) is 0. The number of H-pyrrole nitrogens is 1. The van der Waals surface area contributed by atoms with Gasteiger partial charge in [-0.2, -0.15) is 5.10 Å². The lowest BCUT2D eigenvalue weighted by molar-refractivity contribution is 0.0729. The van der Waals surface area contributed by atoms with Crippen LogP contribution >= 0.6 is 0 Å². The van der Waals surface area contributed by atoms with Crippen molar-refractivity contribution in [1.82, 2.24) is 24.5 Å². The fourth-order valence-electron chi connectivity index (χ4n) is 2.74. The minimum Gasteiger partial charge on any atom is -0.332 e. The topological polar surface area (TPSA) is 66.3 Å². The van der Waals surface area contributed by atoms with Gasteiger partial charge < -0.3 is 9.30 Å². The number of aryl methyl sites for hydroxylation is 1. The lowest BCUT2D eigenvalue weighted by atomic mass is 10.1. The summed E-state index contributed by atoms with van der Waals surface area (Å²) >= 11 is 0. The number of imidazole rings is 1. The molecule has 6 nitrogen and oxygen atoms in total. The van der Waals surface area contributed by atoms with Crippen LogP contribution in [0.15, 0.2) is 30.7 Å². The summed E-state index contributed by atoms with van der Waals surface area (Å²) < 4.78 is 1.88. The fourth-order valence-corrected chi connectivity index (χ4v) is 2.74. The van der Waals surface area contributed by atoms with Crippen LogP contribution < -0.4 is 0 Å². The third-order valence-electron chi connectivity index (χ3n) is 3.92. The largest absolute Gasteiger partial charge is 0.332 e. The smallest absolute Gasteiger partial charge is 0.274 e. The molecule has 0 aromatic carbocycles. The molecule has 0 spiro atoms. The third-order valence-corrected chi connectivity index (χ3v) is 3.92. The van der Waals surface area contributed by atoms with Gasteiger partial charge in [0.25, 0.3) is 5.91 Å². The zero-order chi connectivity index (χ0) is 14.4. The van der Waals surface area contributed by atoms with Crippen molar-refractivity contribution in [3.05, 3.63) is 53.2 Å². The molecule has 0 bridgehead atoms. The van der Waals surface area contributed by atoms with E-state index in [9.17, 15) is 4.79 Å².